The lowest BCUT2D eigenvalue weighted by Gasteiger charge is -2.27. The van der Waals surface area contributed by atoms with Crippen LogP contribution in [0.2, 0.25) is 15.1 Å². The molecule has 21 heteroatoms. The van der Waals surface area contributed by atoms with Crippen LogP contribution in [0.15, 0.2) is 116 Å². The van der Waals surface area contributed by atoms with Gasteiger partial charge in [-0.25, -0.2) is 27.5 Å². The summed E-state index contributed by atoms with van der Waals surface area (Å²) in [7, 11) is 0. The van der Waals surface area contributed by atoms with Crippen LogP contribution in [-0.2, 0) is 9.47 Å². The quantitative estimate of drug-likeness (QED) is 0.125. The third kappa shape index (κ3) is 11.5. The van der Waals surface area contributed by atoms with Crippen molar-refractivity contribution in [2.45, 2.75) is 0 Å². The Kier molecular flexibility index (Phi) is 14.9. The Hall–Kier alpha value is -7.35. The molecule has 2 N–H and O–H groups in total. The Morgan fingerprint density at radius 1 is 0.535 bits per heavy atom. The number of nitrogens with zero attached hydrogens (tertiary/aromatic N) is 6. The number of anilines is 4. The van der Waals surface area contributed by atoms with Crippen molar-refractivity contribution < 1.29 is 46.1 Å². The molecule has 0 aliphatic carbocycles. The number of fused-ring (bicyclic) bond motifs is 2. The zero-order chi connectivity index (χ0) is 49.6. The first-order chi connectivity index (χ1) is 34.4. The Bertz CT molecular complexity index is 3310. The van der Waals surface area contributed by atoms with Gasteiger partial charge in [-0.15, -0.1) is 0 Å². The Labute approximate surface area is 417 Å². The molecule has 71 heavy (non-hydrogen) atoms. The molecular weight excluding hydrogens is 991 g/mol. The van der Waals surface area contributed by atoms with Gasteiger partial charge in [0.15, 0.2) is 23.1 Å². The third-order valence-corrected chi connectivity index (χ3v) is 12.0. The lowest BCUT2D eigenvalue weighted by atomic mass is 10.2. The van der Waals surface area contributed by atoms with E-state index in [0.29, 0.717) is 92.1 Å². The molecule has 10 rings (SSSR count). The number of amides is 2. The van der Waals surface area contributed by atoms with E-state index >= 15 is 0 Å². The number of carbonyl (C=O) groups excluding carboxylic acids is 2. The molecule has 4 heterocycles. The van der Waals surface area contributed by atoms with Crippen molar-refractivity contribution >= 4 is 91.7 Å². The zero-order valence-corrected chi connectivity index (χ0v) is 39.2. The lowest BCUT2D eigenvalue weighted by Crippen LogP contribution is -2.36. The Balaban J connectivity index is 0.000000176. The second-order valence-corrected chi connectivity index (χ2v) is 16.8. The molecule has 8 aromatic rings. The SMILES string of the molecule is O=C(Nc1ccc(F)c(Oc2ccc3ncc(N4CCOCC4)nc3c2)c1Cl)c1ccc(Cl)c(F)c1.O=C(Nc1ccc(F)c(Oc2ccc3ncc(N4CCOCC4)nc3c2)c1Cl)c1cccc(F)c1. The van der Waals surface area contributed by atoms with E-state index in [0.717, 1.165) is 24.3 Å². The van der Waals surface area contributed by atoms with Crippen LogP contribution < -0.4 is 29.9 Å². The number of rotatable bonds is 10. The van der Waals surface area contributed by atoms with Crippen LogP contribution in [0.1, 0.15) is 20.7 Å². The topological polar surface area (TPSA) is 153 Å². The van der Waals surface area contributed by atoms with Crippen molar-refractivity contribution in [1.82, 2.24) is 19.9 Å². The van der Waals surface area contributed by atoms with Crippen LogP contribution in [-0.4, -0.2) is 84.4 Å². The number of carbonyl (C=O) groups is 2. The van der Waals surface area contributed by atoms with Gasteiger partial charge in [-0.1, -0.05) is 40.9 Å². The van der Waals surface area contributed by atoms with E-state index in [1.807, 2.05) is 0 Å². The second kappa shape index (κ2) is 21.7. The highest BCUT2D eigenvalue weighted by atomic mass is 35.5. The minimum Gasteiger partial charge on any atom is -0.453 e. The van der Waals surface area contributed by atoms with Gasteiger partial charge < -0.3 is 39.4 Å². The number of morpholine rings is 2. The number of halogens is 7. The highest BCUT2D eigenvalue weighted by Crippen LogP contribution is 2.40. The number of nitrogens with one attached hydrogen (secondary N) is 2. The van der Waals surface area contributed by atoms with Gasteiger partial charge in [-0.2, -0.15) is 0 Å². The van der Waals surface area contributed by atoms with Crippen molar-refractivity contribution in [1.29, 1.82) is 0 Å². The molecule has 2 amide bonds. The van der Waals surface area contributed by atoms with Crippen LogP contribution >= 0.6 is 34.8 Å². The number of hydrogen-bond donors (Lipinski definition) is 2. The first-order valence-corrected chi connectivity index (χ1v) is 22.8. The maximum Gasteiger partial charge on any atom is 0.255 e. The molecule has 0 radical (unpaired) electrons. The van der Waals surface area contributed by atoms with Crippen molar-refractivity contribution in [2.24, 2.45) is 0 Å². The minimum atomic E-state index is -0.741. The molecule has 2 aliphatic rings. The molecule has 2 fully saturated rings. The smallest absolute Gasteiger partial charge is 0.255 e. The van der Waals surface area contributed by atoms with E-state index < -0.39 is 35.1 Å². The van der Waals surface area contributed by atoms with Gasteiger partial charge in [0.05, 0.1) is 77.3 Å². The monoisotopic (exact) mass is 1030 g/mol. The van der Waals surface area contributed by atoms with Gasteiger partial charge in [-0.05, 0) is 84.9 Å². The molecule has 14 nitrogen and oxygen atoms in total. The van der Waals surface area contributed by atoms with Crippen molar-refractivity contribution in [3.8, 4) is 23.0 Å². The maximum absolute atomic E-state index is 14.7. The highest BCUT2D eigenvalue weighted by Gasteiger charge is 2.21. The van der Waals surface area contributed by atoms with Crippen LogP contribution in [0.3, 0.4) is 0 Å². The van der Waals surface area contributed by atoms with Gasteiger partial charge in [0.2, 0.25) is 0 Å². The minimum absolute atomic E-state index is 0.0175. The van der Waals surface area contributed by atoms with Gasteiger partial charge in [0, 0.05) is 49.4 Å². The number of hydrogen-bond acceptors (Lipinski definition) is 12. The molecule has 0 spiro atoms. The predicted molar refractivity (Wildman–Crippen MR) is 262 cm³/mol. The normalized spacial score (nSPS) is 13.6. The van der Waals surface area contributed by atoms with Crippen LogP contribution in [0.4, 0.5) is 40.6 Å². The molecular formula is C50H37Cl3F4N8O6. The number of ether oxygens (including phenoxy) is 4. The summed E-state index contributed by atoms with van der Waals surface area (Å²) in [4.78, 5) is 47.4. The van der Waals surface area contributed by atoms with Gasteiger partial charge in [-0.3, -0.25) is 19.6 Å². The Morgan fingerprint density at radius 2 is 1.01 bits per heavy atom. The largest absolute Gasteiger partial charge is 0.453 e. The molecule has 2 aromatic heterocycles. The van der Waals surface area contributed by atoms with Gasteiger partial charge in [0.1, 0.15) is 44.8 Å². The molecule has 2 saturated heterocycles. The summed E-state index contributed by atoms with van der Waals surface area (Å²) in [5, 5.41) is 4.68. The van der Waals surface area contributed by atoms with Crippen LogP contribution in [0, 0.1) is 23.3 Å². The zero-order valence-electron chi connectivity index (χ0n) is 36.9. The summed E-state index contributed by atoms with van der Waals surface area (Å²) >= 11 is 18.4. The fourth-order valence-corrected chi connectivity index (χ4v) is 7.91. The van der Waals surface area contributed by atoms with E-state index in [4.69, 9.17) is 53.8 Å². The Morgan fingerprint density at radius 3 is 1.48 bits per heavy atom. The van der Waals surface area contributed by atoms with E-state index in [1.165, 1.54) is 42.5 Å². The lowest BCUT2D eigenvalue weighted by molar-refractivity contribution is 0.101. The van der Waals surface area contributed by atoms with Crippen LogP contribution in [0.5, 0.6) is 23.0 Å². The average molecular weight is 1030 g/mol. The van der Waals surface area contributed by atoms with Crippen molar-refractivity contribution in [3.05, 3.63) is 165 Å². The molecule has 6 aromatic carbocycles. The number of benzene rings is 6. The summed E-state index contributed by atoms with van der Waals surface area (Å²) in [6.07, 6.45) is 3.40. The second-order valence-electron chi connectivity index (χ2n) is 15.7. The van der Waals surface area contributed by atoms with E-state index in [2.05, 4.69) is 40.4 Å². The number of aromatic nitrogens is 4. The predicted octanol–water partition coefficient (Wildman–Crippen LogP) is 11.5. The van der Waals surface area contributed by atoms with E-state index in [9.17, 15) is 27.2 Å². The van der Waals surface area contributed by atoms with Crippen molar-refractivity contribution in [2.75, 3.05) is 73.0 Å². The summed E-state index contributed by atoms with van der Waals surface area (Å²) < 4.78 is 78.8. The molecule has 2 aliphatic heterocycles. The van der Waals surface area contributed by atoms with E-state index in [1.54, 1.807) is 48.8 Å². The first-order valence-electron chi connectivity index (χ1n) is 21.7. The fraction of sp³-hybridized carbons (Fsp3) is 0.160. The summed E-state index contributed by atoms with van der Waals surface area (Å²) in [6.45, 7) is 5.30. The van der Waals surface area contributed by atoms with Crippen LogP contribution in [0.25, 0.3) is 22.1 Å². The molecule has 362 valence electrons. The molecule has 0 atom stereocenters. The first kappa shape index (κ1) is 48.7. The molecule has 0 bridgehead atoms. The van der Waals surface area contributed by atoms with E-state index in [-0.39, 0.29) is 54.8 Å². The summed E-state index contributed by atoms with van der Waals surface area (Å²) in [6, 6.07) is 23.5. The highest BCUT2D eigenvalue weighted by molar-refractivity contribution is 6.36. The fourth-order valence-electron chi connectivity index (χ4n) is 7.32. The van der Waals surface area contributed by atoms with Crippen molar-refractivity contribution in [3.63, 3.8) is 0 Å². The molecule has 0 saturated carbocycles. The summed E-state index contributed by atoms with van der Waals surface area (Å²) in [5.41, 5.74) is 2.73. The standard InChI is InChI=1S/C25H18Cl2F2N4O3.C25H19ClF2N4O3/c26-16-3-1-14(11-18(16)29)25(34)32-20-6-4-17(28)24(23(20)27)36-15-2-5-19-21(12-15)31-22(13-30-19)33-7-9-35-10-8-33;26-23-20(31-25(33)15-2-1-3-16(27)12-15)7-5-18(28)24(23)35-17-4-6-19-21(13-17)30-22(14-29-19)32-8-10-34-11-9-32/h1-6,11-13H,7-10H2,(H,32,34);1-7,12-14H,8-11H2,(H,31,33). The van der Waals surface area contributed by atoms with Gasteiger partial charge >= 0.3 is 0 Å². The van der Waals surface area contributed by atoms with Gasteiger partial charge in [0.25, 0.3) is 11.8 Å². The third-order valence-electron chi connectivity index (χ3n) is 11.0. The molecule has 0 unspecified atom stereocenters. The summed E-state index contributed by atoms with van der Waals surface area (Å²) in [5.74, 6) is -2.55. The average Bonchev–Trinajstić information content (AvgIpc) is 3.39. The maximum atomic E-state index is 14.7.